The van der Waals surface area contributed by atoms with E-state index < -0.39 is 0 Å². The number of benzene rings is 2. The van der Waals surface area contributed by atoms with Crippen LogP contribution < -0.4 is 5.32 Å². The molecule has 2 heterocycles. The Hall–Kier alpha value is -2.38. The molecule has 4 rings (SSSR count). The Labute approximate surface area is 165 Å². The van der Waals surface area contributed by atoms with Gasteiger partial charge >= 0.3 is 0 Å². The molecule has 138 valence electrons. The van der Waals surface area contributed by atoms with Crippen LogP contribution in [0.25, 0.3) is 10.2 Å². The number of carbonyl (C=O) groups excluding carboxylic acids is 2. The highest BCUT2D eigenvalue weighted by Crippen LogP contribution is 2.29. The van der Waals surface area contributed by atoms with Crippen molar-refractivity contribution >= 4 is 50.8 Å². The van der Waals surface area contributed by atoms with E-state index in [-0.39, 0.29) is 17.6 Å². The molecule has 1 N–H and O–H groups in total. The number of thiazole rings is 1. The lowest BCUT2D eigenvalue weighted by Gasteiger charge is -2.15. The smallest absolute Gasteiger partial charge is 0.253 e. The highest BCUT2D eigenvalue weighted by atomic mass is 32.2. The first-order chi connectivity index (χ1) is 13.2. The van der Waals surface area contributed by atoms with Gasteiger partial charge < -0.3 is 10.2 Å². The number of amides is 2. The van der Waals surface area contributed by atoms with E-state index in [2.05, 4.69) is 10.3 Å². The zero-order chi connectivity index (χ0) is 18.6. The number of thioether (sulfide) groups is 1. The molecule has 0 saturated carbocycles. The summed E-state index contributed by atoms with van der Waals surface area (Å²) in [6.07, 6.45) is 2.12. The maximum absolute atomic E-state index is 12.5. The molecule has 1 aliphatic heterocycles. The number of aromatic nitrogens is 1. The van der Waals surface area contributed by atoms with Gasteiger partial charge in [-0.1, -0.05) is 30.0 Å². The third kappa shape index (κ3) is 4.31. The molecule has 0 atom stereocenters. The summed E-state index contributed by atoms with van der Waals surface area (Å²) in [5, 5.41) is 2.88. The number of fused-ring (bicyclic) bond motifs is 1. The largest absolute Gasteiger partial charge is 0.339 e. The zero-order valence-corrected chi connectivity index (χ0v) is 16.3. The standard InChI is InChI=1S/C20H19N3O2S2/c24-18(13-26-20-22-16-8-1-2-9-17(16)27-20)21-15-7-5-6-14(12-15)19(25)23-10-3-4-11-23/h1-2,5-9,12H,3-4,10-11,13H2,(H,21,24). The number of para-hydroxylation sites is 1. The van der Waals surface area contributed by atoms with Crippen molar-refractivity contribution in [2.24, 2.45) is 0 Å². The van der Waals surface area contributed by atoms with E-state index in [9.17, 15) is 9.59 Å². The van der Waals surface area contributed by atoms with E-state index >= 15 is 0 Å². The highest BCUT2D eigenvalue weighted by Gasteiger charge is 2.19. The third-order valence-corrected chi connectivity index (χ3v) is 6.57. The van der Waals surface area contributed by atoms with Gasteiger partial charge in [0.25, 0.3) is 5.91 Å². The molecule has 2 aromatic carbocycles. The first-order valence-corrected chi connectivity index (χ1v) is 10.7. The van der Waals surface area contributed by atoms with Crippen molar-refractivity contribution in [3.8, 4) is 0 Å². The van der Waals surface area contributed by atoms with Gasteiger partial charge in [-0.05, 0) is 43.2 Å². The number of anilines is 1. The molecular formula is C20H19N3O2S2. The van der Waals surface area contributed by atoms with Gasteiger partial charge in [0.15, 0.2) is 4.34 Å². The van der Waals surface area contributed by atoms with Crippen LogP contribution in [-0.4, -0.2) is 40.5 Å². The summed E-state index contributed by atoms with van der Waals surface area (Å²) in [4.78, 5) is 31.2. The quantitative estimate of drug-likeness (QED) is 0.654. The van der Waals surface area contributed by atoms with Crippen LogP contribution in [0.5, 0.6) is 0 Å². The van der Waals surface area contributed by atoms with Crippen LogP contribution in [0.3, 0.4) is 0 Å². The summed E-state index contributed by atoms with van der Waals surface area (Å²) in [6.45, 7) is 1.63. The van der Waals surface area contributed by atoms with Crippen molar-refractivity contribution in [2.45, 2.75) is 17.2 Å². The van der Waals surface area contributed by atoms with E-state index in [0.29, 0.717) is 11.3 Å². The Morgan fingerprint density at radius 3 is 2.74 bits per heavy atom. The Bertz CT molecular complexity index is 947. The second-order valence-electron chi connectivity index (χ2n) is 6.36. The van der Waals surface area contributed by atoms with Gasteiger partial charge in [-0.2, -0.15) is 0 Å². The molecule has 3 aromatic rings. The molecule has 0 spiro atoms. The lowest BCUT2D eigenvalue weighted by atomic mass is 10.1. The van der Waals surface area contributed by atoms with E-state index in [1.807, 2.05) is 29.2 Å². The molecule has 5 nitrogen and oxygen atoms in total. The van der Waals surface area contributed by atoms with E-state index in [1.165, 1.54) is 11.8 Å². The Morgan fingerprint density at radius 2 is 1.93 bits per heavy atom. The molecule has 0 unspecified atom stereocenters. The monoisotopic (exact) mass is 397 g/mol. The third-order valence-electron chi connectivity index (χ3n) is 4.39. The minimum Gasteiger partial charge on any atom is -0.339 e. The van der Waals surface area contributed by atoms with Gasteiger partial charge in [-0.15, -0.1) is 11.3 Å². The molecule has 1 fully saturated rings. The van der Waals surface area contributed by atoms with Gasteiger partial charge in [0.1, 0.15) is 0 Å². The summed E-state index contributed by atoms with van der Waals surface area (Å²) in [5.74, 6) is 0.210. The number of rotatable bonds is 5. The van der Waals surface area contributed by atoms with Crippen LogP contribution >= 0.6 is 23.1 Å². The maximum Gasteiger partial charge on any atom is 0.253 e. The fourth-order valence-corrected chi connectivity index (χ4v) is 4.94. The van der Waals surface area contributed by atoms with E-state index in [4.69, 9.17) is 0 Å². The lowest BCUT2D eigenvalue weighted by Crippen LogP contribution is -2.27. The van der Waals surface area contributed by atoms with Crippen molar-refractivity contribution in [1.29, 1.82) is 0 Å². The second-order valence-corrected chi connectivity index (χ2v) is 8.62. The minimum absolute atomic E-state index is 0.0347. The van der Waals surface area contributed by atoms with Crippen LogP contribution in [0.4, 0.5) is 5.69 Å². The number of hydrogen-bond donors (Lipinski definition) is 1. The van der Waals surface area contributed by atoms with Crippen LogP contribution in [0.2, 0.25) is 0 Å². The van der Waals surface area contributed by atoms with Gasteiger partial charge in [0, 0.05) is 24.3 Å². The van der Waals surface area contributed by atoms with Crippen LogP contribution in [0.1, 0.15) is 23.2 Å². The first-order valence-electron chi connectivity index (χ1n) is 8.86. The fraction of sp³-hybridized carbons (Fsp3) is 0.250. The molecule has 7 heteroatoms. The predicted molar refractivity (Wildman–Crippen MR) is 111 cm³/mol. The van der Waals surface area contributed by atoms with E-state index in [1.54, 1.807) is 35.6 Å². The molecule has 1 aliphatic rings. The summed E-state index contributed by atoms with van der Waals surface area (Å²) >= 11 is 3.01. The highest BCUT2D eigenvalue weighted by molar-refractivity contribution is 8.01. The minimum atomic E-state index is -0.106. The van der Waals surface area contributed by atoms with Crippen molar-refractivity contribution < 1.29 is 9.59 Å². The van der Waals surface area contributed by atoms with Crippen LogP contribution in [0.15, 0.2) is 52.9 Å². The zero-order valence-electron chi connectivity index (χ0n) is 14.7. The van der Waals surface area contributed by atoms with Gasteiger partial charge in [0.2, 0.25) is 5.91 Å². The van der Waals surface area contributed by atoms with Crippen LogP contribution in [0, 0.1) is 0 Å². The second kappa shape index (κ2) is 8.10. The molecular weight excluding hydrogens is 378 g/mol. The fourth-order valence-electron chi connectivity index (χ4n) is 3.07. The molecule has 1 aromatic heterocycles. The van der Waals surface area contributed by atoms with Crippen molar-refractivity contribution in [3.63, 3.8) is 0 Å². The maximum atomic E-state index is 12.5. The Balaban J connectivity index is 1.36. The Morgan fingerprint density at radius 1 is 1.11 bits per heavy atom. The summed E-state index contributed by atoms with van der Waals surface area (Å²) in [7, 11) is 0. The van der Waals surface area contributed by atoms with Gasteiger partial charge in [-0.3, -0.25) is 9.59 Å². The number of hydrogen-bond acceptors (Lipinski definition) is 5. The molecule has 0 radical (unpaired) electrons. The summed E-state index contributed by atoms with van der Waals surface area (Å²) in [5.41, 5.74) is 2.22. The summed E-state index contributed by atoms with van der Waals surface area (Å²) < 4.78 is 2.00. The van der Waals surface area contributed by atoms with Crippen molar-refractivity contribution in [2.75, 3.05) is 24.2 Å². The number of likely N-dealkylation sites (tertiary alicyclic amines) is 1. The number of nitrogens with zero attached hydrogens (tertiary/aromatic N) is 2. The van der Waals surface area contributed by atoms with Crippen molar-refractivity contribution in [1.82, 2.24) is 9.88 Å². The molecule has 0 bridgehead atoms. The topological polar surface area (TPSA) is 62.3 Å². The average molecular weight is 398 g/mol. The van der Waals surface area contributed by atoms with Crippen molar-refractivity contribution in [3.05, 3.63) is 54.1 Å². The summed E-state index contributed by atoms with van der Waals surface area (Å²) in [6, 6.07) is 15.1. The first kappa shape index (κ1) is 18.0. The molecule has 1 saturated heterocycles. The lowest BCUT2D eigenvalue weighted by molar-refractivity contribution is -0.113. The van der Waals surface area contributed by atoms with Crippen LogP contribution in [-0.2, 0) is 4.79 Å². The molecule has 2 amide bonds. The van der Waals surface area contributed by atoms with E-state index in [0.717, 1.165) is 40.5 Å². The number of nitrogens with one attached hydrogen (secondary N) is 1. The molecule has 27 heavy (non-hydrogen) atoms. The van der Waals surface area contributed by atoms with Gasteiger partial charge in [0.05, 0.1) is 16.0 Å². The molecule has 0 aliphatic carbocycles. The number of carbonyl (C=O) groups is 2. The predicted octanol–water partition coefficient (Wildman–Crippen LogP) is 4.26. The normalized spacial score (nSPS) is 13.9. The van der Waals surface area contributed by atoms with Gasteiger partial charge in [-0.25, -0.2) is 4.98 Å². The SMILES string of the molecule is O=C(CSc1nc2ccccc2s1)Nc1cccc(C(=O)N2CCCC2)c1. The Kier molecular flexibility index (Phi) is 5.40. The average Bonchev–Trinajstić information content (AvgIpc) is 3.35.